The predicted octanol–water partition coefficient (Wildman–Crippen LogP) is 3.01. The highest BCUT2D eigenvalue weighted by Gasteiger charge is 2.09. The van der Waals surface area contributed by atoms with Crippen molar-refractivity contribution in [2.75, 3.05) is 11.6 Å². The van der Waals surface area contributed by atoms with E-state index in [9.17, 15) is 9.59 Å². The maximum Gasteiger partial charge on any atom is 0.308 e. The molecule has 0 fully saturated rings. The average molecular weight is 322 g/mol. The van der Waals surface area contributed by atoms with E-state index in [2.05, 4.69) is 16.2 Å². The summed E-state index contributed by atoms with van der Waals surface area (Å²) in [6.07, 6.45) is 3.72. The molecule has 21 heavy (non-hydrogen) atoms. The Kier molecular flexibility index (Phi) is 4.87. The second kappa shape index (κ2) is 6.64. The van der Waals surface area contributed by atoms with Crippen LogP contribution in [0.2, 0.25) is 0 Å². The minimum Gasteiger partial charge on any atom is -0.427 e. The fourth-order valence-corrected chi connectivity index (χ4v) is 3.07. The summed E-state index contributed by atoms with van der Waals surface area (Å²) in [4.78, 5) is 27.0. The standard InChI is InChI=1S/C14H14N2O3S2/c1-9(17)19-11-6-4-10(5-7-11)13(18)16-14-15-8-12(20-14)21(2)3/h4-8H,2H2,1,3H3,(H,15,16,18). The van der Waals surface area contributed by atoms with Crippen molar-refractivity contribution in [2.45, 2.75) is 11.1 Å². The number of thiazole rings is 1. The summed E-state index contributed by atoms with van der Waals surface area (Å²) in [7, 11) is -0.120. The van der Waals surface area contributed by atoms with E-state index >= 15 is 0 Å². The molecule has 0 saturated heterocycles. The Labute approximate surface area is 128 Å². The van der Waals surface area contributed by atoms with Gasteiger partial charge in [-0.25, -0.2) is 4.98 Å². The van der Waals surface area contributed by atoms with Gasteiger partial charge in [-0.15, -0.1) is 0 Å². The van der Waals surface area contributed by atoms with Crippen LogP contribution in [0.25, 0.3) is 0 Å². The maximum absolute atomic E-state index is 12.1. The number of nitrogens with one attached hydrogen (secondary N) is 1. The minimum atomic E-state index is -0.398. The van der Waals surface area contributed by atoms with Crippen molar-refractivity contribution in [3.8, 4) is 5.75 Å². The molecule has 1 aromatic carbocycles. The molecule has 0 radical (unpaired) electrons. The third-order valence-electron chi connectivity index (χ3n) is 2.43. The lowest BCUT2D eigenvalue weighted by Crippen LogP contribution is -2.11. The summed E-state index contributed by atoms with van der Waals surface area (Å²) in [5, 5.41) is 3.27. The molecule has 0 aliphatic carbocycles. The summed E-state index contributed by atoms with van der Waals surface area (Å²) in [5.74, 6) is 3.69. The highest BCUT2D eigenvalue weighted by molar-refractivity contribution is 8.14. The zero-order valence-electron chi connectivity index (χ0n) is 11.6. The molecule has 1 unspecified atom stereocenters. The molecule has 5 nitrogen and oxygen atoms in total. The Morgan fingerprint density at radius 2 is 2.00 bits per heavy atom. The van der Waals surface area contributed by atoms with Crippen molar-refractivity contribution in [3.05, 3.63) is 36.0 Å². The number of benzene rings is 1. The van der Waals surface area contributed by atoms with Gasteiger partial charge in [0.1, 0.15) is 5.75 Å². The van der Waals surface area contributed by atoms with Gasteiger partial charge in [0.15, 0.2) is 5.13 Å². The van der Waals surface area contributed by atoms with Crippen LogP contribution in [0, 0.1) is 0 Å². The van der Waals surface area contributed by atoms with E-state index in [-0.39, 0.29) is 16.4 Å². The molecule has 1 amide bonds. The van der Waals surface area contributed by atoms with Crippen molar-refractivity contribution < 1.29 is 14.3 Å². The molecule has 1 atom stereocenters. The topological polar surface area (TPSA) is 68.3 Å². The van der Waals surface area contributed by atoms with Crippen LogP contribution in [0.3, 0.4) is 0 Å². The van der Waals surface area contributed by atoms with E-state index in [0.717, 1.165) is 4.21 Å². The first-order valence-electron chi connectivity index (χ1n) is 5.97. The van der Waals surface area contributed by atoms with Gasteiger partial charge in [0.25, 0.3) is 5.91 Å². The van der Waals surface area contributed by atoms with Crippen molar-refractivity contribution in [1.29, 1.82) is 0 Å². The summed E-state index contributed by atoms with van der Waals surface area (Å²) >= 11 is 1.41. The molecular weight excluding hydrogens is 308 g/mol. The number of hydrogen-bond acceptors (Lipinski definition) is 5. The van der Waals surface area contributed by atoms with Gasteiger partial charge in [0.05, 0.1) is 10.4 Å². The second-order valence-corrected chi connectivity index (χ2v) is 7.20. The van der Waals surface area contributed by atoms with Crippen molar-refractivity contribution >= 4 is 44.7 Å². The molecule has 0 aliphatic heterocycles. The molecule has 2 rings (SSSR count). The molecule has 1 aromatic heterocycles. The molecule has 110 valence electrons. The summed E-state index contributed by atoms with van der Waals surface area (Å²) < 4.78 is 5.95. The Morgan fingerprint density at radius 3 is 2.52 bits per heavy atom. The SMILES string of the molecule is C=S(C)c1cnc(NC(=O)c2ccc(OC(C)=O)cc2)s1. The van der Waals surface area contributed by atoms with E-state index in [0.29, 0.717) is 16.4 Å². The Morgan fingerprint density at radius 1 is 1.33 bits per heavy atom. The monoisotopic (exact) mass is 322 g/mol. The lowest BCUT2D eigenvalue weighted by molar-refractivity contribution is -0.131. The molecule has 0 saturated carbocycles. The van der Waals surface area contributed by atoms with Crippen molar-refractivity contribution in [3.63, 3.8) is 0 Å². The Balaban J connectivity index is 2.05. The number of amides is 1. The molecule has 1 heterocycles. The third kappa shape index (κ3) is 4.24. The van der Waals surface area contributed by atoms with Gasteiger partial charge in [0.2, 0.25) is 0 Å². The minimum absolute atomic E-state index is 0.120. The first-order chi connectivity index (χ1) is 9.95. The van der Waals surface area contributed by atoms with Crippen LogP contribution in [0.15, 0.2) is 34.7 Å². The summed E-state index contributed by atoms with van der Waals surface area (Å²) in [6, 6.07) is 6.33. The van der Waals surface area contributed by atoms with Gasteiger partial charge in [-0.3, -0.25) is 14.9 Å². The highest BCUT2D eigenvalue weighted by atomic mass is 32.2. The normalized spacial score (nSPS) is 11.7. The molecule has 1 N–H and O–H groups in total. The molecule has 0 aliphatic rings. The molecular formula is C14H14N2O3S2. The highest BCUT2D eigenvalue weighted by Crippen LogP contribution is 2.30. The number of rotatable bonds is 4. The second-order valence-electron chi connectivity index (χ2n) is 4.19. The molecule has 2 aromatic rings. The predicted molar refractivity (Wildman–Crippen MR) is 86.7 cm³/mol. The summed E-state index contributed by atoms with van der Waals surface area (Å²) in [5.41, 5.74) is 0.466. The number of ether oxygens (including phenoxy) is 1. The number of anilines is 1. The molecule has 7 heteroatoms. The number of esters is 1. The maximum atomic E-state index is 12.1. The van der Waals surface area contributed by atoms with E-state index in [1.807, 2.05) is 6.26 Å². The zero-order chi connectivity index (χ0) is 15.4. The van der Waals surface area contributed by atoms with E-state index in [1.165, 1.54) is 18.3 Å². The number of aromatic nitrogens is 1. The first kappa shape index (κ1) is 15.4. The van der Waals surface area contributed by atoms with Crippen LogP contribution in [0.1, 0.15) is 17.3 Å². The lowest BCUT2D eigenvalue weighted by Gasteiger charge is -2.04. The molecule has 0 spiro atoms. The van der Waals surface area contributed by atoms with E-state index < -0.39 is 5.97 Å². The number of hydrogen-bond donors (Lipinski definition) is 1. The van der Waals surface area contributed by atoms with Gasteiger partial charge in [-0.1, -0.05) is 17.2 Å². The van der Waals surface area contributed by atoms with Gasteiger partial charge < -0.3 is 4.74 Å². The van der Waals surface area contributed by atoms with Crippen molar-refractivity contribution in [1.82, 2.24) is 4.98 Å². The Hall–Kier alpha value is -1.99. The van der Waals surface area contributed by atoms with Gasteiger partial charge >= 0.3 is 5.97 Å². The number of carbonyl (C=O) groups is 2. The van der Waals surface area contributed by atoms with Crippen molar-refractivity contribution in [2.24, 2.45) is 0 Å². The smallest absolute Gasteiger partial charge is 0.308 e. The van der Waals surface area contributed by atoms with Crippen LogP contribution in [-0.4, -0.2) is 29.0 Å². The zero-order valence-corrected chi connectivity index (χ0v) is 13.2. The quantitative estimate of drug-likeness (QED) is 0.534. The molecule has 0 bridgehead atoms. The van der Waals surface area contributed by atoms with Crippen LogP contribution in [-0.2, 0) is 4.79 Å². The summed E-state index contributed by atoms with van der Waals surface area (Å²) in [6.45, 7) is 1.32. The van der Waals surface area contributed by atoms with Crippen LogP contribution in [0.4, 0.5) is 5.13 Å². The average Bonchev–Trinajstić information content (AvgIpc) is 2.87. The lowest BCUT2D eigenvalue weighted by atomic mass is 10.2. The fourth-order valence-electron chi connectivity index (χ4n) is 1.49. The van der Waals surface area contributed by atoms with Crippen LogP contribution < -0.4 is 10.1 Å². The van der Waals surface area contributed by atoms with Gasteiger partial charge in [-0.2, -0.15) is 10.5 Å². The van der Waals surface area contributed by atoms with Crippen LogP contribution in [0.5, 0.6) is 5.75 Å². The number of carbonyl (C=O) groups excluding carboxylic acids is 2. The fraction of sp³-hybridized carbons (Fsp3) is 0.143. The Bertz CT molecular complexity index is 692. The van der Waals surface area contributed by atoms with E-state index in [4.69, 9.17) is 4.74 Å². The number of nitrogens with zero attached hydrogens (tertiary/aromatic N) is 1. The first-order valence-corrected chi connectivity index (χ1v) is 8.59. The van der Waals surface area contributed by atoms with Gasteiger partial charge in [-0.05, 0) is 30.5 Å². The largest absolute Gasteiger partial charge is 0.427 e. The van der Waals surface area contributed by atoms with Crippen LogP contribution >= 0.6 is 21.8 Å². The van der Waals surface area contributed by atoms with E-state index in [1.54, 1.807) is 30.5 Å². The van der Waals surface area contributed by atoms with Gasteiger partial charge in [0, 0.05) is 12.5 Å². The third-order valence-corrected chi connectivity index (χ3v) is 5.03.